The van der Waals surface area contributed by atoms with E-state index in [-0.39, 0.29) is 11.9 Å². The van der Waals surface area contributed by atoms with Crippen LogP contribution in [0.15, 0.2) is 29.6 Å². The molecule has 0 spiro atoms. The molecule has 1 fully saturated rings. The fourth-order valence-electron chi connectivity index (χ4n) is 3.87. The summed E-state index contributed by atoms with van der Waals surface area (Å²) in [5, 5.41) is 2.09. The average Bonchev–Trinajstić information content (AvgIpc) is 3.41. The molecule has 1 heterocycles. The van der Waals surface area contributed by atoms with E-state index < -0.39 is 0 Å². The number of methoxy groups -OCH3 is 1. The average molecular weight is 356 g/mol. The maximum atomic E-state index is 13.5. The molecule has 1 aromatic heterocycles. The fourth-order valence-corrected chi connectivity index (χ4v) is 4.99. The van der Waals surface area contributed by atoms with Crippen LogP contribution in [-0.2, 0) is 12.8 Å². The van der Waals surface area contributed by atoms with E-state index in [4.69, 9.17) is 4.74 Å². The van der Waals surface area contributed by atoms with Gasteiger partial charge in [-0.2, -0.15) is 0 Å². The first-order valence-electron chi connectivity index (χ1n) is 9.26. The van der Waals surface area contributed by atoms with E-state index in [0.29, 0.717) is 5.92 Å². The first kappa shape index (κ1) is 16.6. The lowest BCUT2D eigenvalue weighted by atomic mass is 9.95. The molecule has 0 radical (unpaired) electrons. The second-order valence-electron chi connectivity index (χ2n) is 7.21. The van der Waals surface area contributed by atoms with Crippen LogP contribution in [0.4, 0.5) is 5.69 Å². The lowest BCUT2D eigenvalue weighted by Gasteiger charge is -2.30. The molecule has 1 unspecified atom stereocenters. The minimum atomic E-state index is 0.170. The molecule has 25 heavy (non-hydrogen) atoms. The van der Waals surface area contributed by atoms with Crippen molar-refractivity contribution < 1.29 is 9.53 Å². The van der Waals surface area contributed by atoms with Crippen molar-refractivity contribution in [2.75, 3.05) is 12.0 Å². The molecule has 0 saturated heterocycles. The molecule has 3 nitrogen and oxygen atoms in total. The summed E-state index contributed by atoms with van der Waals surface area (Å²) in [5.41, 5.74) is 3.21. The summed E-state index contributed by atoms with van der Waals surface area (Å²) in [6.07, 6.45) is 7.08. The van der Waals surface area contributed by atoms with Gasteiger partial charge in [-0.15, -0.1) is 11.3 Å². The molecule has 0 N–H and O–H groups in total. The zero-order chi connectivity index (χ0) is 17.4. The largest absolute Gasteiger partial charge is 0.497 e. The third kappa shape index (κ3) is 3.20. The highest BCUT2D eigenvalue weighted by atomic mass is 32.1. The Balaban J connectivity index is 1.69. The van der Waals surface area contributed by atoms with Crippen LogP contribution < -0.4 is 9.64 Å². The first-order valence-corrected chi connectivity index (χ1v) is 10.1. The van der Waals surface area contributed by atoms with Crippen LogP contribution in [-0.4, -0.2) is 19.1 Å². The molecule has 1 amide bonds. The van der Waals surface area contributed by atoms with Gasteiger partial charge in [0.2, 0.25) is 0 Å². The monoisotopic (exact) mass is 355 g/mol. The molecule has 0 aliphatic heterocycles. The van der Waals surface area contributed by atoms with Gasteiger partial charge in [0.05, 0.1) is 12.7 Å². The minimum absolute atomic E-state index is 0.170. The quantitative estimate of drug-likeness (QED) is 0.748. The summed E-state index contributed by atoms with van der Waals surface area (Å²) >= 11 is 1.77. The normalized spacial score (nSPS) is 17.7. The van der Waals surface area contributed by atoms with Gasteiger partial charge >= 0.3 is 0 Å². The summed E-state index contributed by atoms with van der Waals surface area (Å²) < 4.78 is 5.27. The van der Waals surface area contributed by atoms with Crippen LogP contribution in [0.2, 0.25) is 0 Å². The number of thiophene rings is 1. The Kier molecular flexibility index (Phi) is 4.55. The molecule has 2 aromatic rings. The number of rotatable bonds is 5. The molecule has 1 aromatic carbocycles. The Morgan fingerprint density at radius 2 is 1.92 bits per heavy atom. The predicted octanol–water partition coefficient (Wildman–Crippen LogP) is 5.08. The van der Waals surface area contributed by atoms with Gasteiger partial charge in [-0.25, -0.2) is 0 Å². The second-order valence-corrected chi connectivity index (χ2v) is 8.17. The van der Waals surface area contributed by atoms with E-state index in [1.807, 2.05) is 29.2 Å². The van der Waals surface area contributed by atoms with Crippen LogP contribution in [0.5, 0.6) is 5.75 Å². The summed E-state index contributed by atoms with van der Waals surface area (Å²) in [6.45, 7) is 2.19. The maximum absolute atomic E-state index is 13.5. The van der Waals surface area contributed by atoms with Gasteiger partial charge in [0.1, 0.15) is 5.75 Å². The molecule has 0 bridgehead atoms. The number of hydrogen-bond acceptors (Lipinski definition) is 3. The molecule has 132 valence electrons. The number of anilines is 1. The van der Waals surface area contributed by atoms with Crippen LogP contribution in [0, 0.1) is 5.92 Å². The molecule has 4 rings (SSSR count). The van der Waals surface area contributed by atoms with E-state index in [1.54, 1.807) is 18.4 Å². The van der Waals surface area contributed by atoms with Gasteiger partial charge in [0.15, 0.2) is 0 Å². The van der Waals surface area contributed by atoms with Crippen molar-refractivity contribution in [3.8, 4) is 5.75 Å². The lowest BCUT2D eigenvalue weighted by Crippen LogP contribution is -2.40. The summed E-state index contributed by atoms with van der Waals surface area (Å²) in [6, 6.07) is 8.14. The number of nitrogens with zero attached hydrogens (tertiary/aromatic N) is 1. The van der Waals surface area contributed by atoms with Gasteiger partial charge in [0, 0.05) is 22.0 Å². The van der Waals surface area contributed by atoms with Crippen LogP contribution in [0.1, 0.15) is 53.4 Å². The van der Waals surface area contributed by atoms with Gasteiger partial charge in [-0.05, 0) is 81.2 Å². The number of benzene rings is 1. The van der Waals surface area contributed by atoms with Crippen molar-refractivity contribution in [3.05, 3.63) is 45.6 Å². The zero-order valence-electron chi connectivity index (χ0n) is 15.0. The summed E-state index contributed by atoms with van der Waals surface area (Å²) in [7, 11) is 1.67. The Morgan fingerprint density at radius 3 is 2.60 bits per heavy atom. The molecular formula is C21H25NO2S. The third-order valence-corrected chi connectivity index (χ3v) is 6.66. The van der Waals surface area contributed by atoms with Crippen LogP contribution in [0.3, 0.4) is 0 Å². The first-order chi connectivity index (χ1) is 12.2. The zero-order valence-corrected chi connectivity index (χ0v) is 15.8. The third-order valence-electron chi connectivity index (χ3n) is 5.57. The van der Waals surface area contributed by atoms with Crippen molar-refractivity contribution in [1.82, 2.24) is 0 Å². The molecule has 1 saturated carbocycles. The molecular weight excluding hydrogens is 330 g/mol. The predicted molar refractivity (Wildman–Crippen MR) is 103 cm³/mol. The number of carbonyl (C=O) groups excluding carboxylic acids is 1. The van der Waals surface area contributed by atoms with Crippen LogP contribution >= 0.6 is 11.3 Å². The highest BCUT2D eigenvalue weighted by Gasteiger charge is 2.36. The lowest BCUT2D eigenvalue weighted by molar-refractivity contribution is 0.0975. The molecule has 1 atom stereocenters. The van der Waals surface area contributed by atoms with Crippen molar-refractivity contribution in [1.29, 1.82) is 0 Å². The Hall–Kier alpha value is -1.81. The topological polar surface area (TPSA) is 29.5 Å². The Labute approximate surface area is 153 Å². The van der Waals surface area contributed by atoms with E-state index in [9.17, 15) is 4.79 Å². The minimum Gasteiger partial charge on any atom is -0.497 e. The van der Waals surface area contributed by atoms with Crippen LogP contribution in [0.25, 0.3) is 0 Å². The Morgan fingerprint density at radius 1 is 1.20 bits per heavy atom. The van der Waals surface area contributed by atoms with Gasteiger partial charge in [0.25, 0.3) is 5.91 Å². The highest BCUT2D eigenvalue weighted by molar-refractivity contribution is 7.10. The van der Waals surface area contributed by atoms with Crippen molar-refractivity contribution >= 4 is 22.9 Å². The van der Waals surface area contributed by atoms with Crippen molar-refractivity contribution in [2.24, 2.45) is 5.92 Å². The van der Waals surface area contributed by atoms with E-state index in [2.05, 4.69) is 12.3 Å². The summed E-state index contributed by atoms with van der Waals surface area (Å²) in [4.78, 5) is 16.9. The van der Waals surface area contributed by atoms with Gasteiger partial charge in [-0.1, -0.05) is 0 Å². The highest BCUT2D eigenvalue weighted by Crippen LogP contribution is 2.39. The van der Waals surface area contributed by atoms with E-state index >= 15 is 0 Å². The smallest absolute Gasteiger partial charge is 0.259 e. The van der Waals surface area contributed by atoms with Crippen molar-refractivity contribution in [3.63, 3.8) is 0 Å². The number of amides is 1. The van der Waals surface area contributed by atoms with Gasteiger partial charge < -0.3 is 9.64 Å². The Bertz CT molecular complexity index is 761. The maximum Gasteiger partial charge on any atom is 0.259 e. The van der Waals surface area contributed by atoms with E-state index in [0.717, 1.165) is 29.8 Å². The second kappa shape index (κ2) is 6.83. The number of hydrogen-bond donors (Lipinski definition) is 0. The van der Waals surface area contributed by atoms with Gasteiger partial charge in [-0.3, -0.25) is 4.79 Å². The standard InChI is InChI=1S/C21H25NO2S/c1-14(15-7-8-15)22(16-9-11-17(24-2)12-10-16)21(23)19-13-25-20-6-4-3-5-18(19)20/h9-15H,3-8H2,1-2H3. The molecule has 2 aliphatic carbocycles. The number of aryl methyl sites for hydroxylation is 1. The summed E-state index contributed by atoms with van der Waals surface area (Å²) in [5.74, 6) is 1.62. The SMILES string of the molecule is COc1ccc(N(C(=O)c2csc3c2CCCC3)C(C)C2CC2)cc1. The van der Waals surface area contributed by atoms with E-state index in [1.165, 1.54) is 36.1 Å². The molecule has 4 heteroatoms. The van der Waals surface area contributed by atoms with Crippen molar-refractivity contribution in [2.45, 2.75) is 51.5 Å². The molecule has 2 aliphatic rings. The number of fused-ring (bicyclic) bond motifs is 1. The number of ether oxygens (including phenoxy) is 1. The fraction of sp³-hybridized carbons (Fsp3) is 0.476. The number of carbonyl (C=O) groups is 1.